The van der Waals surface area contributed by atoms with E-state index < -0.39 is 41.6 Å². The molecule has 1 unspecified atom stereocenters. The van der Waals surface area contributed by atoms with E-state index >= 15 is 0 Å². The number of amides is 1. The summed E-state index contributed by atoms with van der Waals surface area (Å²) in [7, 11) is 0. The fourth-order valence-electron chi connectivity index (χ4n) is 2.31. The predicted molar refractivity (Wildman–Crippen MR) is 75.3 cm³/mol. The fourth-order valence-corrected chi connectivity index (χ4v) is 2.31. The van der Waals surface area contributed by atoms with E-state index in [2.05, 4.69) is 0 Å². The molecule has 0 spiro atoms. The molecule has 1 aliphatic heterocycles. The first kappa shape index (κ1) is 19.0. The molecule has 1 aromatic rings. The smallest absolute Gasteiger partial charge is 0.421 e. The molecule has 2 rings (SSSR count). The summed E-state index contributed by atoms with van der Waals surface area (Å²) in [6.07, 6.45) is -3.40. The number of carboxylic acid groups (broad SMARTS) is 1. The van der Waals surface area contributed by atoms with Gasteiger partial charge in [0.25, 0.3) is 5.56 Å². The first-order valence-corrected chi connectivity index (χ1v) is 6.47. The Morgan fingerprint density at radius 1 is 1.35 bits per heavy atom. The Labute approximate surface area is 134 Å². The van der Waals surface area contributed by atoms with Crippen molar-refractivity contribution >= 4 is 24.3 Å². The molecule has 1 saturated heterocycles. The van der Waals surface area contributed by atoms with Crippen LogP contribution in [0.2, 0.25) is 0 Å². The van der Waals surface area contributed by atoms with Gasteiger partial charge in [-0.1, -0.05) is 0 Å². The summed E-state index contributed by atoms with van der Waals surface area (Å²) in [6.45, 7) is -0.333. The summed E-state index contributed by atoms with van der Waals surface area (Å²) >= 11 is 0. The highest BCUT2D eigenvalue weighted by molar-refractivity contribution is 5.85. The van der Waals surface area contributed by atoms with Crippen LogP contribution in [0.15, 0.2) is 23.1 Å². The van der Waals surface area contributed by atoms with Crippen molar-refractivity contribution in [2.24, 2.45) is 5.92 Å². The summed E-state index contributed by atoms with van der Waals surface area (Å²) < 4.78 is 38.6. The summed E-state index contributed by atoms with van der Waals surface area (Å²) in [5.74, 6) is -2.28. The third-order valence-electron chi connectivity index (χ3n) is 3.52. The van der Waals surface area contributed by atoms with Gasteiger partial charge < -0.3 is 14.6 Å². The number of rotatable bonds is 3. The highest BCUT2D eigenvalue weighted by atomic mass is 35.5. The van der Waals surface area contributed by atoms with E-state index in [0.717, 1.165) is 12.3 Å². The quantitative estimate of drug-likeness (QED) is 0.885. The number of nitrogens with zero attached hydrogens (tertiary/aromatic N) is 2. The number of halogens is 4. The van der Waals surface area contributed by atoms with Crippen LogP contribution >= 0.6 is 12.4 Å². The van der Waals surface area contributed by atoms with Crippen molar-refractivity contribution in [3.05, 3.63) is 34.2 Å². The molecule has 0 aliphatic carbocycles. The molecule has 1 atom stereocenters. The minimum atomic E-state index is -4.79. The van der Waals surface area contributed by atoms with Gasteiger partial charge in [-0.3, -0.25) is 14.4 Å². The second kappa shape index (κ2) is 7.03. The van der Waals surface area contributed by atoms with Gasteiger partial charge in [-0.05, 0) is 18.6 Å². The average Bonchev–Trinajstić information content (AvgIpc) is 2.89. The topological polar surface area (TPSA) is 79.6 Å². The Balaban J connectivity index is 0.00000264. The van der Waals surface area contributed by atoms with E-state index in [4.69, 9.17) is 5.11 Å². The van der Waals surface area contributed by atoms with Gasteiger partial charge in [0.05, 0.1) is 5.92 Å². The number of carbonyl (C=O) groups excluding carboxylic acids is 1. The van der Waals surface area contributed by atoms with E-state index in [0.29, 0.717) is 17.1 Å². The minimum Gasteiger partial charge on any atom is -0.481 e. The lowest BCUT2D eigenvalue weighted by atomic mass is 10.1. The van der Waals surface area contributed by atoms with Crippen LogP contribution in [-0.4, -0.2) is 39.5 Å². The second-order valence-electron chi connectivity index (χ2n) is 5.02. The molecule has 0 radical (unpaired) electrons. The van der Waals surface area contributed by atoms with Gasteiger partial charge in [-0.15, -0.1) is 12.4 Å². The number of carbonyl (C=O) groups is 2. The number of carboxylic acids is 1. The Bertz CT molecular complexity index is 659. The largest absolute Gasteiger partial charge is 0.481 e. The van der Waals surface area contributed by atoms with Crippen LogP contribution in [0.1, 0.15) is 12.0 Å². The monoisotopic (exact) mass is 354 g/mol. The first-order valence-electron chi connectivity index (χ1n) is 6.47. The standard InChI is InChI=1S/C13H13F3N2O4.ClH/c14-13(15,16)9-2-1-4-18(11(9)20)7-10(19)17-5-3-8(6-17)12(21)22;/h1-2,4,8H,3,5-7H2,(H,21,22);1H. The molecular formula is C13H14ClF3N2O4. The second-order valence-corrected chi connectivity index (χ2v) is 5.02. The van der Waals surface area contributed by atoms with E-state index in [1.165, 1.54) is 4.90 Å². The van der Waals surface area contributed by atoms with Gasteiger partial charge in [0, 0.05) is 19.3 Å². The van der Waals surface area contributed by atoms with Crippen LogP contribution in [0.3, 0.4) is 0 Å². The van der Waals surface area contributed by atoms with Gasteiger partial charge in [0.15, 0.2) is 0 Å². The molecule has 0 bridgehead atoms. The van der Waals surface area contributed by atoms with Crippen molar-refractivity contribution in [2.45, 2.75) is 19.1 Å². The van der Waals surface area contributed by atoms with E-state index in [1.54, 1.807) is 0 Å². The molecule has 6 nitrogen and oxygen atoms in total. The molecule has 0 aromatic carbocycles. The Kier molecular flexibility index (Phi) is 5.81. The number of likely N-dealkylation sites (tertiary alicyclic amines) is 1. The van der Waals surface area contributed by atoms with E-state index in [9.17, 15) is 27.6 Å². The van der Waals surface area contributed by atoms with E-state index in [-0.39, 0.29) is 25.5 Å². The van der Waals surface area contributed by atoms with Crippen molar-refractivity contribution in [3.63, 3.8) is 0 Å². The SMILES string of the molecule is Cl.O=C(O)C1CCN(C(=O)Cn2cccc(C(F)(F)F)c2=O)C1. The van der Waals surface area contributed by atoms with Gasteiger partial charge in [0.1, 0.15) is 12.1 Å². The Morgan fingerprint density at radius 3 is 2.52 bits per heavy atom. The zero-order valence-corrected chi connectivity index (χ0v) is 12.6. The maximum absolute atomic E-state index is 12.6. The summed E-state index contributed by atoms with van der Waals surface area (Å²) in [5.41, 5.74) is -2.63. The molecule has 10 heteroatoms. The molecule has 1 aliphatic rings. The molecular weight excluding hydrogens is 341 g/mol. The summed E-state index contributed by atoms with van der Waals surface area (Å²) in [5, 5.41) is 8.85. The van der Waals surface area contributed by atoms with Crippen molar-refractivity contribution < 1.29 is 27.9 Å². The predicted octanol–water partition coefficient (Wildman–Crippen LogP) is 1.22. The molecule has 0 saturated carbocycles. The molecule has 1 N–H and O–H groups in total. The van der Waals surface area contributed by atoms with Gasteiger partial charge in [-0.25, -0.2) is 0 Å². The van der Waals surface area contributed by atoms with Crippen LogP contribution < -0.4 is 5.56 Å². The van der Waals surface area contributed by atoms with Crippen LogP contribution in [0.25, 0.3) is 0 Å². The molecule has 1 amide bonds. The lowest BCUT2D eigenvalue weighted by Crippen LogP contribution is -2.37. The van der Waals surface area contributed by atoms with Gasteiger partial charge in [-0.2, -0.15) is 13.2 Å². The number of alkyl halides is 3. The van der Waals surface area contributed by atoms with Crippen LogP contribution in [-0.2, 0) is 22.3 Å². The van der Waals surface area contributed by atoms with Crippen molar-refractivity contribution in [1.29, 1.82) is 0 Å². The molecule has 1 aromatic heterocycles. The Hall–Kier alpha value is -2.03. The third kappa shape index (κ3) is 4.25. The number of aliphatic carboxylic acids is 1. The third-order valence-corrected chi connectivity index (χ3v) is 3.52. The van der Waals surface area contributed by atoms with Crippen LogP contribution in [0.4, 0.5) is 13.2 Å². The highest BCUT2D eigenvalue weighted by Crippen LogP contribution is 2.26. The molecule has 2 heterocycles. The number of hydrogen-bond donors (Lipinski definition) is 1. The van der Waals surface area contributed by atoms with Gasteiger partial charge >= 0.3 is 12.1 Å². The highest BCUT2D eigenvalue weighted by Gasteiger charge is 2.35. The van der Waals surface area contributed by atoms with Crippen molar-refractivity contribution in [1.82, 2.24) is 9.47 Å². The number of hydrogen-bond acceptors (Lipinski definition) is 3. The van der Waals surface area contributed by atoms with Gasteiger partial charge in [0.2, 0.25) is 5.91 Å². The molecule has 23 heavy (non-hydrogen) atoms. The maximum Gasteiger partial charge on any atom is 0.421 e. The van der Waals surface area contributed by atoms with Crippen molar-refractivity contribution in [2.75, 3.05) is 13.1 Å². The van der Waals surface area contributed by atoms with Crippen LogP contribution in [0, 0.1) is 5.92 Å². The molecule has 1 fully saturated rings. The van der Waals surface area contributed by atoms with Crippen LogP contribution in [0.5, 0.6) is 0 Å². The first-order chi connectivity index (χ1) is 10.2. The van der Waals surface area contributed by atoms with Crippen molar-refractivity contribution in [3.8, 4) is 0 Å². The maximum atomic E-state index is 12.6. The number of aromatic nitrogens is 1. The lowest BCUT2D eigenvalue weighted by molar-refractivity contribution is -0.142. The summed E-state index contributed by atoms with van der Waals surface area (Å²) in [4.78, 5) is 35.8. The number of pyridine rings is 1. The zero-order chi connectivity index (χ0) is 16.5. The fraction of sp³-hybridized carbons (Fsp3) is 0.462. The van der Waals surface area contributed by atoms with E-state index in [1.807, 2.05) is 0 Å². The average molecular weight is 355 g/mol. The molecule has 128 valence electrons. The zero-order valence-electron chi connectivity index (χ0n) is 11.7. The minimum absolute atomic E-state index is 0. The lowest BCUT2D eigenvalue weighted by Gasteiger charge is -2.17. The normalized spacial score (nSPS) is 17.7. The summed E-state index contributed by atoms with van der Waals surface area (Å²) in [6, 6.07) is 1.70. The Morgan fingerprint density at radius 2 is 2.00 bits per heavy atom.